The molecule has 2 fully saturated rings. The third-order valence-electron chi connectivity index (χ3n) is 4.39. The second-order valence-electron chi connectivity index (χ2n) is 5.65. The number of aromatic nitrogens is 1. The predicted octanol–water partition coefficient (Wildman–Crippen LogP) is 2.45. The molecule has 4 heteroatoms. The van der Waals surface area contributed by atoms with E-state index >= 15 is 0 Å². The quantitative estimate of drug-likeness (QED) is 0.906. The van der Waals surface area contributed by atoms with Crippen LogP contribution in [0.2, 0.25) is 0 Å². The van der Waals surface area contributed by atoms with E-state index in [0.717, 1.165) is 12.3 Å². The van der Waals surface area contributed by atoms with E-state index in [9.17, 15) is 0 Å². The zero-order valence-electron chi connectivity index (χ0n) is 11.4. The van der Waals surface area contributed by atoms with Crippen molar-refractivity contribution in [3.05, 3.63) is 16.1 Å². The average Bonchev–Trinajstić information content (AvgIpc) is 3.00. The van der Waals surface area contributed by atoms with Gasteiger partial charge in [-0.25, -0.2) is 4.98 Å². The molecule has 0 aliphatic carbocycles. The first-order valence-corrected chi connectivity index (χ1v) is 8.01. The minimum Gasteiger partial charge on any atom is -0.305 e. The molecule has 0 saturated carbocycles. The van der Waals surface area contributed by atoms with Crippen molar-refractivity contribution in [1.82, 2.24) is 15.2 Å². The smallest absolute Gasteiger partial charge is 0.109 e. The van der Waals surface area contributed by atoms with Gasteiger partial charge in [0, 0.05) is 23.7 Å². The van der Waals surface area contributed by atoms with Crippen LogP contribution in [0.4, 0.5) is 0 Å². The third-order valence-corrected chi connectivity index (χ3v) is 5.71. The van der Waals surface area contributed by atoms with E-state index < -0.39 is 0 Å². The molecule has 3 heterocycles. The van der Waals surface area contributed by atoms with Gasteiger partial charge < -0.3 is 10.2 Å². The van der Waals surface area contributed by atoms with Crippen molar-refractivity contribution >= 4 is 11.3 Å². The predicted molar refractivity (Wildman–Crippen MR) is 76.0 cm³/mol. The molecule has 4 atom stereocenters. The van der Waals surface area contributed by atoms with Gasteiger partial charge in [-0.15, -0.1) is 11.3 Å². The van der Waals surface area contributed by atoms with E-state index in [0.29, 0.717) is 12.1 Å². The molecule has 2 bridgehead atoms. The number of hydrogen-bond acceptors (Lipinski definition) is 4. The third kappa shape index (κ3) is 2.46. The van der Waals surface area contributed by atoms with Gasteiger partial charge in [0.2, 0.25) is 0 Å². The number of nitrogens with zero attached hydrogens (tertiary/aromatic N) is 2. The molecule has 1 aromatic heterocycles. The number of nitrogens with one attached hydrogen (secondary N) is 1. The molecule has 3 nitrogen and oxygen atoms in total. The van der Waals surface area contributed by atoms with Crippen molar-refractivity contribution in [2.24, 2.45) is 5.92 Å². The van der Waals surface area contributed by atoms with Crippen LogP contribution in [-0.4, -0.2) is 35.6 Å². The fourth-order valence-electron chi connectivity index (χ4n) is 3.25. The molecule has 1 aromatic rings. The van der Waals surface area contributed by atoms with E-state index in [1.54, 1.807) is 0 Å². The second-order valence-corrected chi connectivity index (χ2v) is 6.80. The van der Waals surface area contributed by atoms with Crippen molar-refractivity contribution in [2.75, 3.05) is 19.6 Å². The van der Waals surface area contributed by atoms with Crippen molar-refractivity contribution in [2.45, 2.75) is 45.2 Å². The first-order chi connectivity index (χ1) is 8.76. The largest absolute Gasteiger partial charge is 0.305 e. The van der Waals surface area contributed by atoms with E-state index in [1.165, 1.54) is 42.4 Å². The summed E-state index contributed by atoms with van der Waals surface area (Å²) in [4.78, 5) is 8.56. The van der Waals surface area contributed by atoms with Crippen molar-refractivity contribution < 1.29 is 0 Å². The van der Waals surface area contributed by atoms with Gasteiger partial charge in [-0.3, -0.25) is 0 Å². The average molecular weight is 265 g/mol. The van der Waals surface area contributed by atoms with Crippen LogP contribution in [0.1, 0.15) is 42.6 Å². The number of hydrogen-bond donors (Lipinski definition) is 1. The highest BCUT2D eigenvalue weighted by Crippen LogP contribution is 2.29. The van der Waals surface area contributed by atoms with Gasteiger partial charge in [0.05, 0.1) is 6.04 Å². The Hall–Kier alpha value is -0.450. The summed E-state index contributed by atoms with van der Waals surface area (Å²) in [7, 11) is 0. The van der Waals surface area contributed by atoms with Gasteiger partial charge in [-0.2, -0.15) is 0 Å². The van der Waals surface area contributed by atoms with Gasteiger partial charge in [0.25, 0.3) is 0 Å². The SMILES string of the molecule is CCc1cnc(C(C)NC2CCN3CCC2C3)s1. The molecular weight excluding hydrogens is 242 g/mol. The van der Waals surface area contributed by atoms with Crippen LogP contribution in [0.3, 0.4) is 0 Å². The van der Waals surface area contributed by atoms with Crippen LogP contribution in [-0.2, 0) is 6.42 Å². The minimum absolute atomic E-state index is 0.410. The van der Waals surface area contributed by atoms with E-state index in [-0.39, 0.29) is 0 Å². The summed E-state index contributed by atoms with van der Waals surface area (Å²) in [6, 6.07) is 1.11. The number of thiazole rings is 1. The van der Waals surface area contributed by atoms with Crippen LogP contribution in [0.5, 0.6) is 0 Å². The maximum absolute atomic E-state index is 4.56. The number of aryl methyl sites for hydroxylation is 1. The normalized spacial score (nSPS) is 32.7. The molecule has 1 N–H and O–H groups in total. The van der Waals surface area contributed by atoms with Crippen LogP contribution >= 0.6 is 11.3 Å². The summed E-state index contributed by atoms with van der Waals surface area (Å²) < 4.78 is 0. The summed E-state index contributed by atoms with van der Waals surface area (Å²) in [5.74, 6) is 0.867. The maximum Gasteiger partial charge on any atom is 0.109 e. The lowest BCUT2D eigenvalue weighted by Crippen LogP contribution is -2.44. The van der Waals surface area contributed by atoms with Gasteiger partial charge in [-0.1, -0.05) is 6.92 Å². The number of fused-ring (bicyclic) bond motifs is 2. The molecule has 4 unspecified atom stereocenters. The zero-order chi connectivity index (χ0) is 12.5. The Labute approximate surface area is 114 Å². The van der Waals surface area contributed by atoms with Gasteiger partial charge in [0.15, 0.2) is 0 Å². The molecule has 2 aliphatic rings. The standard InChI is InChI=1S/C14H23N3S/c1-3-12-8-15-14(18-12)10(2)16-13-5-7-17-6-4-11(13)9-17/h8,10-11,13,16H,3-7,9H2,1-2H3. The zero-order valence-corrected chi connectivity index (χ0v) is 12.2. The molecule has 0 spiro atoms. The highest BCUT2D eigenvalue weighted by atomic mass is 32.1. The molecule has 100 valence electrons. The maximum atomic E-state index is 4.56. The van der Waals surface area contributed by atoms with Crippen LogP contribution < -0.4 is 5.32 Å². The Bertz CT molecular complexity index is 403. The van der Waals surface area contributed by atoms with Crippen molar-refractivity contribution in [3.8, 4) is 0 Å². The highest BCUT2D eigenvalue weighted by Gasteiger charge is 2.34. The molecule has 0 amide bonds. The van der Waals surface area contributed by atoms with E-state index in [1.807, 2.05) is 17.5 Å². The first-order valence-electron chi connectivity index (χ1n) is 7.19. The molecule has 2 aliphatic heterocycles. The summed E-state index contributed by atoms with van der Waals surface area (Å²) >= 11 is 1.86. The second kappa shape index (κ2) is 5.27. The first kappa shape index (κ1) is 12.6. The van der Waals surface area contributed by atoms with Gasteiger partial charge in [-0.05, 0) is 45.2 Å². The molecule has 0 radical (unpaired) electrons. The Balaban J connectivity index is 1.61. The monoisotopic (exact) mass is 265 g/mol. The molecule has 18 heavy (non-hydrogen) atoms. The minimum atomic E-state index is 0.410. The fourth-order valence-corrected chi connectivity index (χ4v) is 4.12. The van der Waals surface area contributed by atoms with Crippen LogP contribution in [0.15, 0.2) is 6.20 Å². The van der Waals surface area contributed by atoms with Crippen LogP contribution in [0.25, 0.3) is 0 Å². The molecular formula is C14H23N3S. The molecule has 3 rings (SSSR count). The summed E-state index contributed by atoms with van der Waals surface area (Å²) in [6.07, 6.45) is 5.82. The fraction of sp³-hybridized carbons (Fsp3) is 0.786. The van der Waals surface area contributed by atoms with Crippen molar-refractivity contribution in [3.63, 3.8) is 0 Å². The number of rotatable bonds is 4. The molecule has 0 aromatic carbocycles. The van der Waals surface area contributed by atoms with Gasteiger partial charge in [0.1, 0.15) is 5.01 Å². The Morgan fingerprint density at radius 1 is 1.50 bits per heavy atom. The Morgan fingerprint density at radius 2 is 2.33 bits per heavy atom. The van der Waals surface area contributed by atoms with E-state index in [4.69, 9.17) is 0 Å². The summed E-state index contributed by atoms with van der Waals surface area (Å²) in [6.45, 7) is 8.36. The molecule has 2 saturated heterocycles. The lowest BCUT2D eigenvalue weighted by molar-refractivity contribution is 0.212. The Kier molecular flexibility index (Phi) is 3.68. The topological polar surface area (TPSA) is 28.2 Å². The number of piperidine rings is 1. The van der Waals surface area contributed by atoms with E-state index in [2.05, 4.69) is 29.0 Å². The summed E-state index contributed by atoms with van der Waals surface area (Å²) in [5.41, 5.74) is 0. The summed E-state index contributed by atoms with van der Waals surface area (Å²) in [5, 5.41) is 5.08. The van der Waals surface area contributed by atoms with Crippen molar-refractivity contribution in [1.29, 1.82) is 0 Å². The highest BCUT2D eigenvalue weighted by molar-refractivity contribution is 7.11. The lowest BCUT2D eigenvalue weighted by atomic mass is 9.93. The Morgan fingerprint density at radius 3 is 3.11 bits per heavy atom. The lowest BCUT2D eigenvalue weighted by Gasteiger charge is -2.32. The van der Waals surface area contributed by atoms with Crippen LogP contribution in [0, 0.1) is 5.92 Å². The van der Waals surface area contributed by atoms with Gasteiger partial charge >= 0.3 is 0 Å².